The molecule has 4 heteroatoms. The maximum atomic E-state index is 10.9. The smallest absolute Gasteiger partial charge is 0.307 e. The van der Waals surface area contributed by atoms with E-state index in [1.807, 2.05) is 29.7 Å². The van der Waals surface area contributed by atoms with Gasteiger partial charge >= 0.3 is 6.03 Å². The van der Waals surface area contributed by atoms with Crippen LogP contribution in [0.4, 0.5) is 10.5 Å². The molecule has 0 bridgehead atoms. The summed E-state index contributed by atoms with van der Waals surface area (Å²) in [7, 11) is 0. The molecule has 1 unspecified atom stereocenters. The molecule has 0 spiro atoms. The molecule has 0 saturated carbocycles. The van der Waals surface area contributed by atoms with Crippen LogP contribution in [0, 0.1) is 0 Å². The Morgan fingerprint density at radius 1 is 1.40 bits per heavy atom. The van der Waals surface area contributed by atoms with Crippen molar-refractivity contribution in [3.05, 3.63) is 29.8 Å². The Bertz CT molecular complexity index is 321. The largest absolute Gasteiger partial charge is 0.333 e. The van der Waals surface area contributed by atoms with Crippen LogP contribution in [0.1, 0.15) is 31.7 Å². The van der Waals surface area contributed by atoms with Gasteiger partial charge in [0.2, 0.25) is 0 Å². The summed E-state index contributed by atoms with van der Waals surface area (Å²) in [5, 5.41) is 2.60. The highest BCUT2D eigenvalue weighted by molar-refractivity contribution is 5.88. The fourth-order valence-corrected chi connectivity index (χ4v) is 1.30. The molecule has 0 aliphatic rings. The van der Waals surface area contributed by atoms with Crippen LogP contribution in [0.3, 0.4) is 0 Å². The Kier molecular flexibility index (Phi) is 4.12. The molecule has 82 valence electrons. The summed E-state index contributed by atoms with van der Waals surface area (Å²) >= 11 is 0. The first-order chi connectivity index (χ1) is 7.17. The highest BCUT2D eigenvalue weighted by Crippen LogP contribution is 2.20. The standard InChI is InChI=1S/C11H17N3O/c1-3-8(2)9-4-6-10(7-5-9)13-11(15)14-12/h4-8H,3,12H2,1-2H3,(H2,13,14,15). The molecule has 2 amide bonds. The van der Waals surface area contributed by atoms with Crippen LogP contribution in [0.15, 0.2) is 24.3 Å². The molecule has 15 heavy (non-hydrogen) atoms. The Labute approximate surface area is 89.8 Å². The first kappa shape index (κ1) is 11.5. The van der Waals surface area contributed by atoms with Gasteiger partial charge in [0.1, 0.15) is 0 Å². The van der Waals surface area contributed by atoms with Gasteiger partial charge in [0.05, 0.1) is 0 Å². The van der Waals surface area contributed by atoms with Gasteiger partial charge in [-0.15, -0.1) is 0 Å². The van der Waals surface area contributed by atoms with Gasteiger partial charge in [0, 0.05) is 5.69 Å². The molecule has 0 radical (unpaired) electrons. The number of hydrogen-bond acceptors (Lipinski definition) is 2. The summed E-state index contributed by atoms with van der Waals surface area (Å²) in [5.74, 6) is 5.50. The molecule has 1 atom stereocenters. The van der Waals surface area contributed by atoms with Gasteiger partial charge in [0.15, 0.2) is 0 Å². The van der Waals surface area contributed by atoms with Crippen LogP contribution in [0.25, 0.3) is 0 Å². The van der Waals surface area contributed by atoms with Crippen LogP contribution in [0.5, 0.6) is 0 Å². The molecule has 4 N–H and O–H groups in total. The SMILES string of the molecule is CCC(C)c1ccc(NC(=O)NN)cc1. The molecule has 0 aliphatic heterocycles. The highest BCUT2D eigenvalue weighted by atomic mass is 16.2. The molecule has 0 heterocycles. The van der Waals surface area contributed by atoms with Gasteiger partial charge in [-0.2, -0.15) is 0 Å². The van der Waals surface area contributed by atoms with Crippen LogP contribution >= 0.6 is 0 Å². The normalized spacial score (nSPS) is 11.9. The van der Waals surface area contributed by atoms with E-state index in [9.17, 15) is 4.79 Å². The Morgan fingerprint density at radius 3 is 2.47 bits per heavy atom. The Balaban J connectivity index is 2.68. The lowest BCUT2D eigenvalue weighted by molar-refractivity contribution is 0.252. The summed E-state index contributed by atoms with van der Waals surface area (Å²) in [6, 6.07) is 7.36. The van der Waals surface area contributed by atoms with Crippen molar-refractivity contribution in [2.45, 2.75) is 26.2 Å². The third kappa shape index (κ3) is 3.25. The van der Waals surface area contributed by atoms with E-state index in [1.54, 1.807) is 0 Å². The highest BCUT2D eigenvalue weighted by Gasteiger charge is 2.03. The average molecular weight is 207 g/mol. The van der Waals surface area contributed by atoms with Crippen LogP contribution in [-0.2, 0) is 0 Å². The van der Waals surface area contributed by atoms with E-state index in [0.717, 1.165) is 12.1 Å². The maximum Gasteiger partial charge on any atom is 0.333 e. The second-order valence-corrected chi connectivity index (χ2v) is 3.53. The Hall–Kier alpha value is -1.55. The number of benzene rings is 1. The third-order valence-corrected chi connectivity index (χ3v) is 2.48. The minimum atomic E-state index is -0.411. The molecule has 0 aliphatic carbocycles. The number of anilines is 1. The number of carbonyl (C=O) groups is 1. The first-order valence-corrected chi connectivity index (χ1v) is 5.05. The number of nitrogens with one attached hydrogen (secondary N) is 2. The Morgan fingerprint density at radius 2 is 2.00 bits per heavy atom. The van der Waals surface area contributed by atoms with Crippen LogP contribution in [0.2, 0.25) is 0 Å². The fraction of sp³-hybridized carbons (Fsp3) is 0.364. The van der Waals surface area contributed by atoms with E-state index in [-0.39, 0.29) is 0 Å². The molecule has 0 fully saturated rings. The number of hydrazine groups is 1. The van der Waals surface area contributed by atoms with E-state index in [1.165, 1.54) is 5.56 Å². The van der Waals surface area contributed by atoms with Crippen molar-refractivity contribution in [2.24, 2.45) is 5.84 Å². The van der Waals surface area contributed by atoms with E-state index in [4.69, 9.17) is 5.84 Å². The summed E-state index contributed by atoms with van der Waals surface area (Å²) in [6.45, 7) is 4.33. The molecule has 0 aromatic heterocycles. The van der Waals surface area contributed by atoms with Crippen molar-refractivity contribution in [3.63, 3.8) is 0 Å². The van der Waals surface area contributed by atoms with Gasteiger partial charge in [0.25, 0.3) is 0 Å². The number of amides is 2. The predicted molar refractivity (Wildman–Crippen MR) is 61.5 cm³/mol. The third-order valence-electron chi connectivity index (χ3n) is 2.48. The van der Waals surface area contributed by atoms with E-state index in [2.05, 4.69) is 19.2 Å². The minimum absolute atomic E-state index is 0.411. The summed E-state index contributed by atoms with van der Waals surface area (Å²) in [6.07, 6.45) is 1.11. The fourth-order valence-electron chi connectivity index (χ4n) is 1.30. The second-order valence-electron chi connectivity index (χ2n) is 3.53. The van der Waals surface area contributed by atoms with E-state index >= 15 is 0 Å². The number of carbonyl (C=O) groups excluding carboxylic acids is 1. The van der Waals surface area contributed by atoms with Crippen LogP contribution < -0.4 is 16.6 Å². The molecule has 4 nitrogen and oxygen atoms in total. The van der Waals surface area contributed by atoms with Crippen LogP contribution in [-0.4, -0.2) is 6.03 Å². The van der Waals surface area contributed by atoms with E-state index in [0.29, 0.717) is 5.92 Å². The minimum Gasteiger partial charge on any atom is -0.307 e. The van der Waals surface area contributed by atoms with Crippen molar-refractivity contribution in [1.82, 2.24) is 5.43 Å². The van der Waals surface area contributed by atoms with Gasteiger partial charge in [-0.3, -0.25) is 5.43 Å². The molecule has 1 aromatic rings. The zero-order valence-corrected chi connectivity index (χ0v) is 9.08. The lowest BCUT2D eigenvalue weighted by Crippen LogP contribution is -2.34. The zero-order chi connectivity index (χ0) is 11.3. The zero-order valence-electron chi connectivity index (χ0n) is 9.08. The van der Waals surface area contributed by atoms with Crippen molar-refractivity contribution >= 4 is 11.7 Å². The lowest BCUT2D eigenvalue weighted by atomic mass is 9.99. The van der Waals surface area contributed by atoms with Gasteiger partial charge in [-0.05, 0) is 30.0 Å². The summed E-state index contributed by atoms with van der Waals surface area (Å²) in [5.41, 5.74) is 4.03. The predicted octanol–water partition coefficient (Wildman–Crippen LogP) is 2.20. The number of rotatable bonds is 3. The molecule has 1 aromatic carbocycles. The van der Waals surface area contributed by atoms with Crippen molar-refractivity contribution < 1.29 is 4.79 Å². The monoisotopic (exact) mass is 207 g/mol. The second kappa shape index (κ2) is 5.36. The maximum absolute atomic E-state index is 10.9. The van der Waals surface area contributed by atoms with Crippen molar-refractivity contribution in [1.29, 1.82) is 0 Å². The number of urea groups is 1. The summed E-state index contributed by atoms with van der Waals surface area (Å²) in [4.78, 5) is 10.9. The number of nitrogens with two attached hydrogens (primary N) is 1. The van der Waals surface area contributed by atoms with E-state index < -0.39 is 6.03 Å². The van der Waals surface area contributed by atoms with Gasteiger partial charge in [-0.1, -0.05) is 26.0 Å². The first-order valence-electron chi connectivity index (χ1n) is 5.05. The van der Waals surface area contributed by atoms with Gasteiger partial charge < -0.3 is 5.32 Å². The molecule has 1 rings (SSSR count). The molecular weight excluding hydrogens is 190 g/mol. The topological polar surface area (TPSA) is 67.2 Å². The van der Waals surface area contributed by atoms with Crippen molar-refractivity contribution in [2.75, 3.05) is 5.32 Å². The van der Waals surface area contributed by atoms with Gasteiger partial charge in [-0.25, -0.2) is 10.6 Å². The quantitative estimate of drug-likeness (QED) is 0.404. The average Bonchev–Trinajstić information content (AvgIpc) is 2.29. The molecule has 0 saturated heterocycles. The summed E-state index contributed by atoms with van der Waals surface area (Å²) < 4.78 is 0. The number of hydrogen-bond donors (Lipinski definition) is 3. The van der Waals surface area contributed by atoms with Crippen molar-refractivity contribution in [3.8, 4) is 0 Å². The molecular formula is C11H17N3O. The lowest BCUT2D eigenvalue weighted by Gasteiger charge is -2.10.